The molecule has 2 aromatic carbocycles. The Balaban J connectivity index is 2.26. The van der Waals surface area contributed by atoms with Crippen molar-refractivity contribution in [1.29, 1.82) is 0 Å². The van der Waals surface area contributed by atoms with Gasteiger partial charge in [0.1, 0.15) is 5.82 Å². The van der Waals surface area contributed by atoms with Crippen LogP contribution in [0.5, 0.6) is 0 Å². The molecular formula is C14H9BrClFN2O2. The molecular weight excluding hydrogens is 363 g/mol. The minimum absolute atomic E-state index is 0.0716. The minimum atomic E-state index is -0.661. The summed E-state index contributed by atoms with van der Waals surface area (Å²) >= 11 is 8.91. The van der Waals surface area contributed by atoms with Crippen molar-refractivity contribution < 1.29 is 14.0 Å². The molecule has 108 valence electrons. The van der Waals surface area contributed by atoms with E-state index in [1.54, 1.807) is 0 Å². The van der Waals surface area contributed by atoms with E-state index >= 15 is 0 Å². The van der Waals surface area contributed by atoms with Crippen LogP contribution in [0.3, 0.4) is 0 Å². The van der Waals surface area contributed by atoms with Crippen LogP contribution in [0.1, 0.15) is 20.7 Å². The van der Waals surface area contributed by atoms with E-state index in [-0.39, 0.29) is 20.6 Å². The molecule has 0 heterocycles. The highest BCUT2D eigenvalue weighted by Gasteiger charge is 2.14. The van der Waals surface area contributed by atoms with Gasteiger partial charge in [-0.05, 0) is 46.3 Å². The predicted molar refractivity (Wildman–Crippen MR) is 82.0 cm³/mol. The van der Waals surface area contributed by atoms with Crippen LogP contribution in [0.4, 0.5) is 10.1 Å². The number of hydrogen-bond donors (Lipinski definition) is 2. The van der Waals surface area contributed by atoms with Crippen molar-refractivity contribution in [3.8, 4) is 0 Å². The lowest BCUT2D eigenvalue weighted by Crippen LogP contribution is -2.14. The van der Waals surface area contributed by atoms with Crippen molar-refractivity contribution in [1.82, 2.24) is 0 Å². The van der Waals surface area contributed by atoms with Crippen LogP contribution in [-0.4, -0.2) is 11.8 Å². The van der Waals surface area contributed by atoms with E-state index in [9.17, 15) is 14.0 Å². The summed E-state index contributed by atoms with van der Waals surface area (Å²) < 4.78 is 13.5. The van der Waals surface area contributed by atoms with E-state index < -0.39 is 17.6 Å². The van der Waals surface area contributed by atoms with Crippen molar-refractivity contribution in [2.24, 2.45) is 5.73 Å². The zero-order chi connectivity index (χ0) is 15.6. The van der Waals surface area contributed by atoms with Crippen molar-refractivity contribution in [3.63, 3.8) is 0 Å². The molecule has 3 N–H and O–H groups in total. The number of hydrogen-bond acceptors (Lipinski definition) is 2. The van der Waals surface area contributed by atoms with Gasteiger partial charge in [-0.2, -0.15) is 0 Å². The summed E-state index contributed by atoms with van der Waals surface area (Å²) in [6, 6.07) is 8.42. The molecule has 2 amide bonds. The Kier molecular flexibility index (Phi) is 4.59. The molecule has 0 unspecified atom stereocenters. The number of benzene rings is 2. The summed E-state index contributed by atoms with van der Waals surface area (Å²) in [5.41, 5.74) is 5.80. The van der Waals surface area contributed by atoms with Crippen LogP contribution in [0.15, 0.2) is 40.9 Å². The lowest BCUT2D eigenvalue weighted by atomic mass is 10.1. The first kappa shape index (κ1) is 15.5. The van der Waals surface area contributed by atoms with Gasteiger partial charge >= 0.3 is 0 Å². The average molecular weight is 372 g/mol. The van der Waals surface area contributed by atoms with Crippen LogP contribution >= 0.6 is 27.5 Å². The zero-order valence-electron chi connectivity index (χ0n) is 10.5. The lowest BCUT2D eigenvalue weighted by Gasteiger charge is -2.09. The highest BCUT2D eigenvalue weighted by Crippen LogP contribution is 2.24. The molecule has 21 heavy (non-hydrogen) atoms. The number of carbonyl (C=O) groups is 2. The van der Waals surface area contributed by atoms with Crippen LogP contribution in [0.25, 0.3) is 0 Å². The molecule has 2 rings (SSSR count). The maximum Gasteiger partial charge on any atom is 0.256 e. The van der Waals surface area contributed by atoms with E-state index in [0.717, 1.165) is 0 Å². The fraction of sp³-hybridized carbons (Fsp3) is 0. The van der Waals surface area contributed by atoms with E-state index in [4.69, 9.17) is 17.3 Å². The largest absolute Gasteiger partial charge is 0.366 e. The first-order chi connectivity index (χ1) is 9.90. The standard InChI is InChI=1S/C14H9BrClFN2O2/c15-12-9(2-1-3-11(12)17)14(21)19-7-4-5-8(13(18)20)10(16)6-7/h1-6H,(H2,18,20)(H,19,21). The van der Waals surface area contributed by atoms with E-state index in [1.807, 2.05) is 0 Å². The van der Waals surface area contributed by atoms with Crippen molar-refractivity contribution in [2.75, 3.05) is 5.32 Å². The number of halogens is 3. The quantitative estimate of drug-likeness (QED) is 0.865. The normalized spacial score (nSPS) is 10.2. The number of nitrogens with two attached hydrogens (primary N) is 1. The Morgan fingerprint density at radius 3 is 2.52 bits per heavy atom. The Morgan fingerprint density at radius 1 is 1.19 bits per heavy atom. The Morgan fingerprint density at radius 2 is 1.90 bits per heavy atom. The fourth-order valence-corrected chi connectivity index (χ4v) is 2.39. The van der Waals surface area contributed by atoms with Gasteiger partial charge in [0.25, 0.3) is 5.91 Å². The van der Waals surface area contributed by atoms with Gasteiger partial charge in [-0.3, -0.25) is 9.59 Å². The third-order valence-corrected chi connectivity index (χ3v) is 3.81. The highest BCUT2D eigenvalue weighted by atomic mass is 79.9. The molecule has 0 fully saturated rings. The van der Waals surface area contributed by atoms with Crippen molar-refractivity contribution >= 4 is 45.0 Å². The molecule has 0 saturated heterocycles. The molecule has 0 saturated carbocycles. The molecule has 0 atom stereocenters. The number of rotatable bonds is 3. The Bertz CT molecular complexity index is 737. The fourth-order valence-electron chi connectivity index (χ4n) is 1.67. The second-order valence-corrected chi connectivity index (χ2v) is 5.31. The Labute approximate surface area is 133 Å². The summed E-state index contributed by atoms with van der Waals surface area (Å²) in [6.45, 7) is 0. The second kappa shape index (κ2) is 6.24. The molecule has 0 aromatic heterocycles. The Hall–Kier alpha value is -1.92. The van der Waals surface area contributed by atoms with Crippen LogP contribution in [0.2, 0.25) is 5.02 Å². The number of anilines is 1. The second-order valence-electron chi connectivity index (χ2n) is 4.11. The smallest absolute Gasteiger partial charge is 0.256 e. The molecule has 0 aliphatic carbocycles. The topological polar surface area (TPSA) is 72.2 Å². The summed E-state index contributed by atoms with van der Waals surface area (Å²) in [6.07, 6.45) is 0. The minimum Gasteiger partial charge on any atom is -0.366 e. The van der Waals surface area contributed by atoms with Gasteiger partial charge in [0, 0.05) is 5.69 Å². The molecule has 0 spiro atoms. The van der Waals surface area contributed by atoms with Gasteiger partial charge in [-0.1, -0.05) is 17.7 Å². The highest BCUT2D eigenvalue weighted by molar-refractivity contribution is 9.10. The van der Waals surface area contributed by atoms with E-state index in [0.29, 0.717) is 5.69 Å². The maximum absolute atomic E-state index is 13.4. The molecule has 4 nitrogen and oxygen atoms in total. The molecule has 0 radical (unpaired) electrons. The number of amides is 2. The van der Waals surface area contributed by atoms with Gasteiger partial charge in [-0.15, -0.1) is 0 Å². The number of carbonyl (C=O) groups excluding carboxylic acids is 2. The van der Waals surface area contributed by atoms with E-state index in [2.05, 4.69) is 21.2 Å². The summed E-state index contributed by atoms with van der Waals surface area (Å²) in [4.78, 5) is 23.1. The maximum atomic E-state index is 13.4. The average Bonchev–Trinajstić information content (AvgIpc) is 2.41. The third-order valence-electron chi connectivity index (χ3n) is 2.69. The SMILES string of the molecule is NC(=O)c1ccc(NC(=O)c2cccc(F)c2Br)cc1Cl. The molecule has 0 aliphatic heterocycles. The number of primary amides is 1. The first-order valence-corrected chi connectivity index (χ1v) is 6.92. The summed E-state index contributed by atoms with van der Waals surface area (Å²) in [5.74, 6) is -1.71. The predicted octanol–water partition coefficient (Wildman–Crippen LogP) is 3.59. The van der Waals surface area contributed by atoms with Gasteiger partial charge in [0.05, 0.1) is 20.6 Å². The summed E-state index contributed by atoms with van der Waals surface area (Å²) in [5, 5.41) is 2.68. The lowest BCUT2D eigenvalue weighted by molar-refractivity contribution is 0.0998. The van der Waals surface area contributed by atoms with Gasteiger partial charge < -0.3 is 11.1 Å². The van der Waals surface area contributed by atoms with Crippen LogP contribution in [0, 0.1) is 5.82 Å². The molecule has 7 heteroatoms. The molecule has 2 aromatic rings. The van der Waals surface area contributed by atoms with Gasteiger partial charge in [-0.25, -0.2) is 4.39 Å². The molecule has 0 bridgehead atoms. The first-order valence-electron chi connectivity index (χ1n) is 5.75. The summed E-state index contributed by atoms with van der Waals surface area (Å²) in [7, 11) is 0. The van der Waals surface area contributed by atoms with Crippen LogP contribution in [-0.2, 0) is 0 Å². The third kappa shape index (κ3) is 3.40. The van der Waals surface area contributed by atoms with Crippen molar-refractivity contribution in [2.45, 2.75) is 0 Å². The number of nitrogens with one attached hydrogen (secondary N) is 1. The van der Waals surface area contributed by atoms with Gasteiger partial charge in [0.15, 0.2) is 0 Å². The van der Waals surface area contributed by atoms with Gasteiger partial charge in [0.2, 0.25) is 5.91 Å². The zero-order valence-corrected chi connectivity index (χ0v) is 12.8. The van der Waals surface area contributed by atoms with E-state index in [1.165, 1.54) is 36.4 Å². The molecule has 0 aliphatic rings. The monoisotopic (exact) mass is 370 g/mol. The van der Waals surface area contributed by atoms with Crippen LogP contribution < -0.4 is 11.1 Å². The van der Waals surface area contributed by atoms with Crippen molar-refractivity contribution in [3.05, 3.63) is 62.8 Å².